The second-order valence-electron chi connectivity index (χ2n) is 8.76. The molecule has 7 nitrogen and oxygen atoms in total. The number of alkyl carbamates (subject to hydrolysis) is 1. The topological polar surface area (TPSA) is 75.2 Å². The smallest absolute Gasteiger partial charge is 0.407 e. The summed E-state index contributed by atoms with van der Waals surface area (Å²) in [6, 6.07) is 10.5. The van der Waals surface area contributed by atoms with E-state index in [0.29, 0.717) is 5.92 Å². The van der Waals surface area contributed by atoms with Gasteiger partial charge in [0.15, 0.2) is 5.96 Å². The van der Waals surface area contributed by atoms with Crippen LogP contribution in [0, 0.1) is 5.92 Å². The van der Waals surface area contributed by atoms with Crippen molar-refractivity contribution in [3.05, 3.63) is 35.9 Å². The van der Waals surface area contributed by atoms with E-state index >= 15 is 0 Å². The van der Waals surface area contributed by atoms with Crippen molar-refractivity contribution in [2.75, 3.05) is 33.3 Å². The number of nitrogens with one attached hydrogen (secondary N) is 2. The SMILES string of the molecule is CN=C(NCC1CCOC1c1ccccc1)N1CCC(NC(=O)OC(C)(C)C)C1.I. The van der Waals surface area contributed by atoms with E-state index in [2.05, 4.69) is 44.8 Å². The molecule has 0 saturated carbocycles. The highest BCUT2D eigenvalue weighted by atomic mass is 127. The Morgan fingerprint density at radius 2 is 2.00 bits per heavy atom. The lowest BCUT2D eigenvalue weighted by atomic mass is 9.95. The van der Waals surface area contributed by atoms with Gasteiger partial charge < -0.3 is 25.0 Å². The predicted molar refractivity (Wildman–Crippen MR) is 129 cm³/mol. The molecular weight excluding hydrogens is 495 g/mol. The summed E-state index contributed by atoms with van der Waals surface area (Å²) in [6.07, 6.45) is 1.67. The quantitative estimate of drug-likeness (QED) is 0.354. The largest absolute Gasteiger partial charge is 0.444 e. The Morgan fingerprint density at radius 1 is 1.27 bits per heavy atom. The van der Waals surface area contributed by atoms with Crippen molar-refractivity contribution in [3.8, 4) is 0 Å². The molecule has 0 aromatic heterocycles. The number of rotatable bonds is 4. The molecule has 2 aliphatic rings. The number of carbonyl (C=O) groups is 1. The Morgan fingerprint density at radius 3 is 2.67 bits per heavy atom. The van der Waals surface area contributed by atoms with Crippen molar-refractivity contribution in [2.24, 2.45) is 10.9 Å². The minimum atomic E-state index is -0.487. The van der Waals surface area contributed by atoms with Gasteiger partial charge in [0, 0.05) is 39.2 Å². The van der Waals surface area contributed by atoms with Crippen LogP contribution in [-0.4, -0.2) is 61.9 Å². The molecule has 0 bridgehead atoms. The van der Waals surface area contributed by atoms with Gasteiger partial charge in [-0.05, 0) is 39.2 Å². The minimum Gasteiger partial charge on any atom is -0.444 e. The molecule has 30 heavy (non-hydrogen) atoms. The molecule has 3 unspecified atom stereocenters. The Kier molecular flexibility index (Phi) is 9.21. The third kappa shape index (κ3) is 7.01. The molecule has 1 aromatic carbocycles. The molecule has 2 saturated heterocycles. The number of nitrogens with zero attached hydrogens (tertiary/aromatic N) is 2. The van der Waals surface area contributed by atoms with Gasteiger partial charge in [0.2, 0.25) is 0 Å². The summed E-state index contributed by atoms with van der Waals surface area (Å²) in [4.78, 5) is 18.7. The zero-order chi connectivity index (χ0) is 20.9. The monoisotopic (exact) mass is 530 g/mol. The van der Waals surface area contributed by atoms with Gasteiger partial charge >= 0.3 is 6.09 Å². The average molecular weight is 530 g/mol. The fourth-order valence-corrected chi connectivity index (χ4v) is 3.95. The molecule has 2 fully saturated rings. The number of halogens is 1. The van der Waals surface area contributed by atoms with Crippen LogP contribution in [0.2, 0.25) is 0 Å². The van der Waals surface area contributed by atoms with E-state index in [-0.39, 0.29) is 42.2 Å². The van der Waals surface area contributed by atoms with Crippen LogP contribution in [0.3, 0.4) is 0 Å². The van der Waals surface area contributed by atoms with E-state index in [9.17, 15) is 4.79 Å². The molecule has 3 atom stereocenters. The fourth-order valence-electron chi connectivity index (χ4n) is 3.95. The van der Waals surface area contributed by atoms with Crippen LogP contribution in [0.4, 0.5) is 4.79 Å². The Bertz CT molecular complexity index is 708. The first-order chi connectivity index (χ1) is 13.9. The van der Waals surface area contributed by atoms with E-state index in [0.717, 1.165) is 45.0 Å². The van der Waals surface area contributed by atoms with Gasteiger partial charge in [-0.1, -0.05) is 30.3 Å². The van der Waals surface area contributed by atoms with Crippen LogP contribution in [-0.2, 0) is 9.47 Å². The highest BCUT2D eigenvalue weighted by Gasteiger charge is 2.31. The third-order valence-corrected chi connectivity index (χ3v) is 5.29. The maximum Gasteiger partial charge on any atom is 0.407 e. The number of hydrogen-bond donors (Lipinski definition) is 2. The molecule has 0 spiro atoms. The standard InChI is InChI=1S/C22H34N4O3.HI/c1-22(2,3)29-21(27)25-18-10-12-26(15-18)20(23-4)24-14-17-11-13-28-19(17)16-8-6-5-7-9-16;/h5-9,17-19H,10-15H2,1-4H3,(H,23,24)(H,25,27);1H. The van der Waals surface area contributed by atoms with Crippen LogP contribution in [0.15, 0.2) is 35.3 Å². The first-order valence-electron chi connectivity index (χ1n) is 10.5. The van der Waals surface area contributed by atoms with Gasteiger partial charge in [-0.3, -0.25) is 4.99 Å². The number of ether oxygens (including phenoxy) is 2. The maximum absolute atomic E-state index is 12.0. The van der Waals surface area contributed by atoms with Crippen molar-refractivity contribution >= 4 is 36.0 Å². The van der Waals surface area contributed by atoms with Gasteiger partial charge in [0.1, 0.15) is 5.60 Å². The van der Waals surface area contributed by atoms with Crippen LogP contribution in [0.1, 0.15) is 45.3 Å². The highest BCUT2D eigenvalue weighted by Crippen LogP contribution is 2.33. The van der Waals surface area contributed by atoms with Gasteiger partial charge in [-0.2, -0.15) is 0 Å². The number of hydrogen-bond acceptors (Lipinski definition) is 4. The molecule has 0 aliphatic carbocycles. The lowest BCUT2D eigenvalue weighted by molar-refractivity contribution is 0.0507. The first-order valence-corrected chi connectivity index (χ1v) is 10.5. The summed E-state index contributed by atoms with van der Waals surface area (Å²) in [6.45, 7) is 8.78. The highest BCUT2D eigenvalue weighted by molar-refractivity contribution is 14.0. The van der Waals surface area contributed by atoms with Crippen LogP contribution >= 0.6 is 24.0 Å². The summed E-state index contributed by atoms with van der Waals surface area (Å²) in [5.41, 5.74) is 0.744. The van der Waals surface area contributed by atoms with Gasteiger partial charge in [-0.15, -0.1) is 24.0 Å². The maximum atomic E-state index is 12.0. The van der Waals surface area contributed by atoms with Crippen LogP contribution < -0.4 is 10.6 Å². The molecule has 2 aliphatic heterocycles. The summed E-state index contributed by atoms with van der Waals surface area (Å²) in [5, 5.41) is 6.48. The summed E-state index contributed by atoms with van der Waals surface area (Å²) < 4.78 is 11.4. The Balaban J connectivity index is 0.00000320. The minimum absolute atomic E-state index is 0. The summed E-state index contributed by atoms with van der Waals surface area (Å²) >= 11 is 0. The van der Waals surface area contributed by atoms with E-state index in [1.807, 2.05) is 26.8 Å². The number of carbonyl (C=O) groups excluding carboxylic acids is 1. The van der Waals surface area contributed by atoms with Gasteiger partial charge in [-0.25, -0.2) is 4.79 Å². The first kappa shape index (κ1) is 24.7. The molecule has 2 heterocycles. The normalized spacial score (nSPS) is 24.3. The molecule has 0 radical (unpaired) electrons. The Hall–Kier alpha value is -1.55. The van der Waals surface area contributed by atoms with Gasteiger partial charge in [0.25, 0.3) is 0 Å². The van der Waals surface area contributed by atoms with Crippen molar-refractivity contribution in [2.45, 2.75) is 51.4 Å². The van der Waals surface area contributed by atoms with Crippen molar-refractivity contribution in [1.82, 2.24) is 15.5 Å². The zero-order valence-corrected chi connectivity index (χ0v) is 20.7. The number of aliphatic imine (C=N–C) groups is 1. The van der Waals surface area contributed by atoms with E-state index in [1.54, 1.807) is 7.05 Å². The van der Waals surface area contributed by atoms with E-state index < -0.39 is 5.60 Å². The summed E-state index contributed by atoms with van der Waals surface area (Å²) in [7, 11) is 1.80. The van der Waals surface area contributed by atoms with Crippen LogP contribution in [0.5, 0.6) is 0 Å². The number of benzene rings is 1. The van der Waals surface area contributed by atoms with E-state index in [1.165, 1.54) is 5.56 Å². The number of likely N-dealkylation sites (tertiary alicyclic amines) is 1. The molecule has 8 heteroatoms. The van der Waals surface area contributed by atoms with Gasteiger partial charge in [0.05, 0.1) is 12.1 Å². The molecule has 2 N–H and O–H groups in total. The molecule has 1 amide bonds. The summed E-state index contributed by atoms with van der Waals surface area (Å²) in [5.74, 6) is 1.28. The molecular formula is C22H35IN4O3. The average Bonchev–Trinajstić information content (AvgIpc) is 3.31. The predicted octanol–water partition coefficient (Wildman–Crippen LogP) is 3.56. The second-order valence-corrected chi connectivity index (χ2v) is 8.76. The number of amides is 1. The second kappa shape index (κ2) is 11.2. The molecule has 3 rings (SSSR count). The van der Waals surface area contributed by atoms with Crippen molar-refractivity contribution < 1.29 is 14.3 Å². The van der Waals surface area contributed by atoms with E-state index in [4.69, 9.17) is 9.47 Å². The lowest BCUT2D eigenvalue weighted by Gasteiger charge is -2.25. The van der Waals surface area contributed by atoms with Crippen molar-refractivity contribution in [1.29, 1.82) is 0 Å². The third-order valence-electron chi connectivity index (χ3n) is 5.29. The Labute approximate surface area is 197 Å². The molecule has 168 valence electrons. The zero-order valence-electron chi connectivity index (χ0n) is 18.4. The fraction of sp³-hybridized carbons (Fsp3) is 0.636. The number of guanidine groups is 1. The van der Waals surface area contributed by atoms with Crippen LogP contribution in [0.25, 0.3) is 0 Å². The lowest BCUT2D eigenvalue weighted by Crippen LogP contribution is -2.45. The molecule has 1 aromatic rings. The van der Waals surface area contributed by atoms with Crippen molar-refractivity contribution in [3.63, 3.8) is 0 Å².